The van der Waals surface area contributed by atoms with Gasteiger partial charge in [0.2, 0.25) is 5.91 Å². The first kappa shape index (κ1) is 69.6. The number of carbonyl (C=O) groups excluding carboxylic acids is 1. The van der Waals surface area contributed by atoms with Crippen molar-refractivity contribution in [3.05, 3.63) is 122 Å². The average molecular weight is 1050 g/mol. The zero-order chi connectivity index (χ0) is 54.3. The average Bonchev–Trinajstić information content (AvgIpc) is 3.41. The van der Waals surface area contributed by atoms with Crippen LogP contribution in [0.4, 0.5) is 0 Å². The molecule has 0 radical (unpaired) electrons. The molecule has 1 fully saturated rings. The molecule has 7 unspecified atom stereocenters. The first-order valence-corrected chi connectivity index (χ1v) is 30.3. The minimum absolute atomic E-state index is 0.206. The third-order valence-electron chi connectivity index (χ3n) is 13.5. The van der Waals surface area contributed by atoms with Crippen molar-refractivity contribution < 1.29 is 39.8 Å². The molecule has 7 atom stereocenters. The second kappa shape index (κ2) is 54.0. The van der Waals surface area contributed by atoms with E-state index in [1.54, 1.807) is 6.08 Å². The summed E-state index contributed by atoms with van der Waals surface area (Å²) in [7, 11) is 0. The van der Waals surface area contributed by atoms with Crippen molar-refractivity contribution in [2.45, 2.75) is 275 Å². The maximum absolute atomic E-state index is 13.1. The second-order valence-electron chi connectivity index (χ2n) is 20.4. The lowest BCUT2D eigenvalue weighted by atomic mass is 9.99. The van der Waals surface area contributed by atoms with Gasteiger partial charge in [-0.15, -0.1) is 0 Å². The fourth-order valence-electron chi connectivity index (χ4n) is 8.76. The Hall–Kier alpha value is -3.41. The zero-order valence-corrected chi connectivity index (χ0v) is 47.5. The van der Waals surface area contributed by atoms with Gasteiger partial charge < -0.3 is 40.3 Å². The summed E-state index contributed by atoms with van der Waals surface area (Å²) in [4.78, 5) is 13.1. The van der Waals surface area contributed by atoms with Gasteiger partial charge in [0, 0.05) is 6.42 Å². The van der Waals surface area contributed by atoms with Crippen molar-refractivity contribution in [2.24, 2.45) is 0 Å². The van der Waals surface area contributed by atoms with E-state index < -0.39 is 49.5 Å². The minimum Gasteiger partial charge on any atom is -0.394 e. The van der Waals surface area contributed by atoms with Gasteiger partial charge in [0.05, 0.1) is 25.4 Å². The molecule has 6 N–H and O–H groups in total. The van der Waals surface area contributed by atoms with E-state index in [0.29, 0.717) is 6.42 Å². The van der Waals surface area contributed by atoms with Crippen molar-refractivity contribution in [3.8, 4) is 0 Å². The third-order valence-corrected chi connectivity index (χ3v) is 13.5. The largest absolute Gasteiger partial charge is 0.394 e. The van der Waals surface area contributed by atoms with Crippen LogP contribution in [0.15, 0.2) is 122 Å². The number of amides is 1. The van der Waals surface area contributed by atoms with Gasteiger partial charge in [-0.3, -0.25) is 4.79 Å². The van der Waals surface area contributed by atoms with E-state index in [0.717, 1.165) is 109 Å². The highest BCUT2D eigenvalue weighted by atomic mass is 16.7. The summed E-state index contributed by atoms with van der Waals surface area (Å²) < 4.78 is 11.3. The van der Waals surface area contributed by atoms with Crippen LogP contribution in [0.2, 0.25) is 0 Å². The molecule has 0 aromatic rings. The molecule has 1 saturated heterocycles. The molecule has 75 heavy (non-hydrogen) atoms. The highest BCUT2D eigenvalue weighted by Gasteiger charge is 2.44. The van der Waals surface area contributed by atoms with E-state index in [-0.39, 0.29) is 12.5 Å². The molecule has 0 bridgehead atoms. The van der Waals surface area contributed by atoms with Gasteiger partial charge in [-0.05, 0) is 103 Å². The monoisotopic (exact) mass is 1050 g/mol. The van der Waals surface area contributed by atoms with Crippen LogP contribution in [0.3, 0.4) is 0 Å². The Morgan fingerprint density at radius 3 is 1.28 bits per heavy atom. The number of unbranched alkanes of at least 4 members (excludes halogenated alkanes) is 22. The van der Waals surface area contributed by atoms with E-state index in [4.69, 9.17) is 9.47 Å². The minimum atomic E-state index is -1.58. The van der Waals surface area contributed by atoms with Crippen LogP contribution in [-0.4, -0.2) is 87.5 Å². The van der Waals surface area contributed by atoms with E-state index >= 15 is 0 Å². The van der Waals surface area contributed by atoms with Gasteiger partial charge in [-0.25, -0.2) is 0 Å². The Morgan fingerprint density at radius 2 is 0.840 bits per heavy atom. The topological polar surface area (TPSA) is 149 Å². The number of aliphatic hydroxyl groups is 5. The molecule has 9 nitrogen and oxygen atoms in total. The zero-order valence-electron chi connectivity index (χ0n) is 47.5. The van der Waals surface area contributed by atoms with E-state index in [1.807, 2.05) is 6.08 Å². The molecule has 1 heterocycles. The summed E-state index contributed by atoms with van der Waals surface area (Å²) in [6.07, 6.45) is 74.0. The van der Waals surface area contributed by atoms with Crippen LogP contribution in [0.5, 0.6) is 0 Å². The summed E-state index contributed by atoms with van der Waals surface area (Å²) >= 11 is 0. The van der Waals surface area contributed by atoms with Crippen molar-refractivity contribution in [1.29, 1.82) is 0 Å². The van der Waals surface area contributed by atoms with Gasteiger partial charge in [0.25, 0.3) is 0 Å². The first-order chi connectivity index (χ1) is 36.8. The molecular formula is C66H111NO8. The number of aliphatic hydroxyl groups excluding tert-OH is 5. The number of ether oxygens (including phenoxy) is 2. The molecular weight excluding hydrogens is 935 g/mol. The molecule has 0 aromatic carbocycles. The summed E-state index contributed by atoms with van der Waals surface area (Å²) in [5.74, 6) is -0.206. The SMILES string of the molecule is CC/C=C\C/C=C\C/C=C\C/C=C\C/C=C\C/C=C\C/C=C\CCCCCCCCCC(=O)NC(COC1OC(CO)C(O)C(O)C1O)C(O)/C=C/CC/C=C/CC/C=C/CCCCCCCCCCCCCCC. The number of allylic oxidation sites excluding steroid dienone is 19. The number of nitrogens with one attached hydrogen (secondary N) is 1. The Bertz CT molecular complexity index is 1590. The smallest absolute Gasteiger partial charge is 0.220 e. The maximum atomic E-state index is 13.1. The van der Waals surface area contributed by atoms with Crippen LogP contribution < -0.4 is 5.32 Å². The first-order valence-electron chi connectivity index (χ1n) is 30.3. The van der Waals surface area contributed by atoms with E-state index in [9.17, 15) is 30.3 Å². The Labute approximate surface area is 458 Å². The van der Waals surface area contributed by atoms with Crippen LogP contribution in [0.25, 0.3) is 0 Å². The fourth-order valence-corrected chi connectivity index (χ4v) is 8.76. The van der Waals surface area contributed by atoms with Gasteiger partial charge >= 0.3 is 0 Å². The number of carbonyl (C=O) groups is 1. The quantitative estimate of drug-likeness (QED) is 0.0261. The van der Waals surface area contributed by atoms with Crippen molar-refractivity contribution in [1.82, 2.24) is 5.32 Å². The normalized spacial score (nSPS) is 19.8. The molecule has 1 amide bonds. The molecule has 428 valence electrons. The Morgan fingerprint density at radius 1 is 0.467 bits per heavy atom. The van der Waals surface area contributed by atoms with E-state index in [2.05, 4.69) is 129 Å². The maximum Gasteiger partial charge on any atom is 0.220 e. The van der Waals surface area contributed by atoms with Crippen LogP contribution in [-0.2, 0) is 14.3 Å². The van der Waals surface area contributed by atoms with Gasteiger partial charge in [0.15, 0.2) is 6.29 Å². The van der Waals surface area contributed by atoms with Crippen LogP contribution >= 0.6 is 0 Å². The highest BCUT2D eigenvalue weighted by molar-refractivity contribution is 5.76. The summed E-state index contributed by atoms with van der Waals surface area (Å²) in [6, 6.07) is -0.845. The molecule has 1 aliphatic heterocycles. The number of rotatable bonds is 50. The van der Waals surface area contributed by atoms with E-state index in [1.165, 1.54) is 103 Å². The van der Waals surface area contributed by atoms with Gasteiger partial charge in [-0.2, -0.15) is 0 Å². The molecule has 9 heteroatoms. The third kappa shape index (κ3) is 43.3. The molecule has 1 aliphatic rings. The number of hydrogen-bond donors (Lipinski definition) is 6. The summed E-state index contributed by atoms with van der Waals surface area (Å²) in [5, 5.41) is 54.5. The van der Waals surface area contributed by atoms with Gasteiger partial charge in [0.1, 0.15) is 24.4 Å². The van der Waals surface area contributed by atoms with Crippen LogP contribution in [0, 0.1) is 0 Å². The predicted molar refractivity (Wildman–Crippen MR) is 317 cm³/mol. The predicted octanol–water partition coefficient (Wildman–Crippen LogP) is 15.5. The molecule has 0 aromatic heterocycles. The lowest BCUT2D eigenvalue weighted by Crippen LogP contribution is -2.60. The van der Waals surface area contributed by atoms with Crippen molar-refractivity contribution >= 4 is 5.91 Å². The Kier molecular flexibility index (Phi) is 50.1. The van der Waals surface area contributed by atoms with Crippen LogP contribution in [0.1, 0.15) is 232 Å². The second-order valence-corrected chi connectivity index (χ2v) is 20.4. The molecule has 0 aliphatic carbocycles. The highest BCUT2D eigenvalue weighted by Crippen LogP contribution is 2.23. The molecule has 0 saturated carbocycles. The van der Waals surface area contributed by atoms with Crippen molar-refractivity contribution in [2.75, 3.05) is 13.2 Å². The fraction of sp³-hybridized carbons (Fsp3) is 0.682. The summed E-state index contributed by atoms with van der Waals surface area (Å²) in [6.45, 7) is 3.64. The summed E-state index contributed by atoms with van der Waals surface area (Å²) in [5.41, 5.74) is 0. The van der Waals surface area contributed by atoms with Crippen molar-refractivity contribution in [3.63, 3.8) is 0 Å². The standard InChI is InChI=1S/C66H111NO8/c1-3-5-7-9-11-13-15-17-19-21-23-25-27-28-29-30-31-32-34-36-38-40-42-44-46-48-50-52-54-56-62(70)67-59(58-74-66-65(73)64(72)63(71)61(57-68)75-66)60(69)55-53-51-49-47-45-43-41-39-37-35-33-26-24-22-20-18-16-14-12-10-8-6-4-2/h5,7,11,13,17,19,23,25,28-29,31-32,36-39,45,47,53,55,59-61,63-66,68-69,71-73H,3-4,6,8-10,12,14-16,18,20-22,24,26-27,30,33-35,40-44,46,48-52,54,56-58H2,1-2H3,(H,67,70)/b7-5-,13-11-,19-17-,25-23-,29-28-,32-31-,38-36-,39-37+,47-45+,55-53+. The molecule has 1 rings (SSSR count). The lowest BCUT2D eigenvalue weighted by Gasteiger charge is -2.40. The lowest BCUT2D eigenvalue weighted by molar-refractivity contribution is -0.302. The van der Waals surface area contributed by atoms with Gasteiger partial charge in [-0.1, -0.05) is 245 Å². The molecule has 0 spiro atoms. The Balaban J connectivity index is 2.28. The number of hydrogen-bond acceptors (Lipinski definition) is 8.